The molecule has 0 spiro atoms. The Kier molecular flexibility index (Phi) is 32.1. The summed E-state index contributed by atoms with van der Waals surface area (Å²) in [4.78, 5) is 52.2. The van der Waals surface area contributed by atoms with E-state index < -0.39 is 85.7 Å². The summed E-state index contributed by atoms with van der Waals surface area (Å²) in [6, 6.07) is -0.956. The molecule has 0 aliphatic carbocycles. The third-order valence-corrected chi connectivity index (χ3v) is 12.7. The molecule has 0 aromatic rings. The van der Waals surface area contributed by atoms with E-state index in [1.165, 1.54) is 103 Å². The van der Waals surface area contributed by atoms with Crippen LogP contribution in [0.5, 0.6) is 0 Å². The molecule has 0 radical (unpaired) electrons. The number of ether oxygens (including phenoxy) is 4. The van der Waals surface area contributed by atoms with Crippen molar-refractivity contribution < 1.29 is 63.7 Å². The number of unbranched alkanes of at least 4 members (excludes halogenated alkanes) is 19. The molecular weight excluding hydrogens is 841 g/mol. The highest BCUT2D eigenvalue weighted by Gasteiger charge is 2.50. The SMILES string of the molecule is CCCCCCCCCCCCCNC(=O)[C@H](CCC(=O)NCCCCCCCCCCCC)NC(=O)CCC(=O)NCC1O[C@H](O[C@@H]2C(CO)O[C@H](OC)C(O)[C@H]2O)C(O)[C@@H](O)[C@@H]1C. The summed E-state index contributed by atoms with van der Waals surface area (Å²) < 4.78 is 22.1. The van der Waals surface area contributed by atoms with Crippen LogP contribution in [0.1, 0.15) is 181 Å². The number of hydrogen-bond donors (Lipinski definition) is 9. The van der Waals surface area contributed by atoms with Gasteiger partial charge in [-0.05, 0) is 19.3 Å². The quantitative estimate of drug-likeness (QED) is 0.0398. The zero-order valence-electron chi connectivity index (χ0n) is 40.4. The van der Waals surface area contributed by atoms with Gasteiger partial charge < -0.3 is 65.7 Å². The number of nitrogens with one attached hydrogen (secondary N) is 4. The molecule has 380 valence electrons. The van der Waals surface area contributed by atoms with E-state index in [-0.39, 0.29) is 44.0 Å². The molecule has 2 rings (SSSR count). The Hall–Kier alpha value is -2.48. The maximum Gasteiger partial charge on any atom is 0.242 e. The Balaban J connectivity index is 1.85. The van der Waals surface area contributed by atoms with Gasteiger partial charge in [0, 0.05) is 51.9 Å². The molecule has 4 unspecified atom stereocenters. The van der Waals surface area contributed by atoms with Crippen molar-refractivity contribution in [1.82, 2.24) is 21.3 Å². The lowest BCUT2D eigenvalue weighted by Crippen LogP contribution is -2.63. The average Bonchev–Trinajstić information content (AvgIpc) is 3.30. The number of carbonyl (C=O) groups excluding carboxylic acids is 4. The number of carbonyl (C=O) groups is 4. The molecule has 0 bridgehead atoms. The molecule has 2 saturated heterocycles. The third kappa shape index (κ3) is 23.9. The Morgan fingerprint density at radius 1 is 0.554 bits per heavy atom. The number of amides is 4. The highest BCUT2D eigenvalue weighted by atomic mass is 16.7. The van der Waals surface area contributed by atoms with E-state index in [0.29, 0.717) is 13.1 Å². The zero-order valence-corrected chi connectivity index (χ0v) is 40.4. The van der Waals surface area contributed by atoms with Gasteiger partial charge in [-0.15, -0.1) is 0 Å². The standard InChI is InChI=1S/C48H90N4O13/c1-5-7-9-11-13-15-17-19-21-23-25-31-50-46(61)35(26-27-38(54)49-30-24-22-20-18-16-14-12-10-8-6-2)52-40(56)29-28-39(55)51-32-36-34(3)41(57)43(59)48(63-36)65-45-37(33-53)64-47(62-4)44(60)42(45)58/h34-37,41-45,47-48,53,57-60H,5-33H2,1-4H3,(H,49,54)(H,50,61)(H,51,55)(H,52,56)/t34-,35+,36?,37?,41+,42-,43?,44?,45-,47+,48-/m1/s1. The van der Waals surface area contributed by atoms with Crippen molar-refractivity contribution in [2.75, 3.05) is 33.4 Å². The highest BCUT2D eigenvalue weighted by molar-refractivity contribution is 5.89. The summed E-state index contributed by atoms with van der Waals surface area (Å²) in [6.45, 7) is 6.32. The van der Waals surface area contributed by atoms with Gasteiger partial charge in [0.2, 0.25) is 23.6 Å². The number of aliphatic hydroxyl groups excluding tert-OH is 5. The van der Waals surface area contributed by atoms with Crippen LogP contribution in [0.15, 0.2) is 0 Å². The molecule has 9 N–H and O–H groups in total. The molecule has 17 nitrogen and oxygen atoms in total. The average molecular weight is 931 g/mol. The van der Waals surface area contributed by atoms with E-state index in [9.17, 15) is 44.7 Å². The molecule has 11 atom stereocenters. The van der Waals surface area contributed by atoms with Crippen LogP contribution in [0.25, 0.3) is 0 Å². The first-order valence-electron chi connectivity index (χ1n) is 25.3. The summed E-state index contributed by atoms with van der Waals surface area (Å²) in [7, 11) is 1.26. The normalized spacial score (nSPS) is 26.0. The second-order valence-corrected chi connectivity index (χ2v) is 18.2. The van der Waals surface area contributed by atoms with Gasteiger partial charge in [0.15, 0.2) is 12.6 Å². The van der Waals surface area contributed by atoms with Crippen molar-refractivity contribution in [2.45, 2.75) is 243 Å². The summed E-state index contributed by atoms with van der Waals surface area (Å²) in [5.74, 6) is -2.28. The molecule has 65 heavy (non-hydrogen) atoms. The minimum atomic E-state index is -1.60. The van der Waals surface area contributed by atoms with Crippen LogP contribution < -0.4 is 21.3 Å². The summed E-state index contributed by atoms with van der Waals surface area (Å²) in [5, 5.41) is 63.8. The summed E-state index contributed by atoms with van der Waals surface area (Å²) in [6.07, 6.45) is 12.4. The van der Waals surface area contributed by atoms with E-state index >= 15 is 0 Å². The van der Waals surface area contributed by atoms with Crippen LogP contribution in [-0.4, -0.2) is 144 Å². The number of methoxy groups -OCH3 is 1. The van der Waals surface area contributed by atoms with Gasteiger partial charge in [-0.2, -0.15) is 0 Å². The van der Waals surface area contributed by atoms with E-state index in [1.807, 2.05) is 0 Å². The minimum Gasteiger partial charge on any atom is -0.394 e. The third-order valence-electron chi connectivity index (χ3n) is 12.7. The van der Waals surface area contributed by atoms with E-state index in [4.69, 9.17) is 18.9 Å². The van der Waals surface area contributed by atoms with Crippen molar-refractivity contribution in [3.05, 3.63) is 0 Å². The van der Waals surface area contributed by atoms with E-state index in [0.717, 1.165) is 38.5 Å². The Morgan fingerprint density at radius 3 is 1.54 bits per heavy atom. The van der Waals surface area contributed by atoms with Crippen LogP contribution in [-0.2, 0) is 38.1 Å². The van der Waals surface area contributed by atoms with Crippen LogP contribution in [0.3, 0.4) is 0 Å². The lowest BCUT2D eigenvalue weighted by molar-refractivity contribution is -0.351. The molecule has 0 aromatic carbocycles. The summed E-state index contributed by atoms with van der Waals surface area (Å²) in [5.41, 5.74) is 0. The maximum atomic E-state index is 13.3. The van der Waals surface area contributed by atoms with Crippen molar-refractivity contribution in [3.63, 3.8) is 0 Å². The lowest BCUT2D eigenvalue weighted by atomic mass is 9.90. The highest BCUT2D eigenvalue weighted by Crippen LogP contribution is 2.31. The Labute approximate surface area is 389 Å². The first kappa shape index (κ1) is 58.6. The fourth-order valence-corrected chi connectivity index (χ4v) is 8.38. The smallest absolute Gasteiger partial charge is 0.242 e. The Morgan fingerprint density at radius 2 is 1.02 bits per heavy atom. The van der Waals surface area contributed by atoms with Gasteiger partial charge in [-0.25, -0.2) is 0 Å². The van der Waals surface area contributed by atoms with Crippen molar-refractivity contribution in [1.29, 1.82) is 0 Å². The van der Waals surface area contributed by atoms with Crippen molar-refractivity contribution in [3.8, 4) is 0 Å². The first-order chi connectivity index (χ1) is 31.4. The molecular formula is C48H90N4O13. The van der Waals surface area contributed by atoms with Crippen molar-refractivity contribution in [2.24, 2.45) is 5.92 Å². The first-order valence-corrected chi connectivity index (χ1v) is 25.3. The van der Waals surface area contributed by atoms with Gasteiger partial charge in [0.1, 0.15) is 36.6 Å². The second-order valence-electron chi connectivity index (χ2n) is 18.2. The molecule has 17 heteroatoms. The number of hydrogen-bond acceptors (Lipinski definition) is 13. The summed E-state index contributed by atoms with van der Waals surface area (Å²) >= 11 is 0. The van der Waals surface area contributed by atoms with Gasteiger partial charge >= 0.3 is 0 Å². The molecule has 2 fully saturated rings. The fourth-order valence-electron chi connectivity index (χ4n) is 8.38. The second kappa shape index (κ2) is 35.6. The molecule has 2 heterocycles. The van der Waals surface area contributed by atoms with Crippen molar-refractivity contribution >= 4 is 23.6 Å². The molecule has 0 saturated carbocycles. The van der Waals surface area contributed by atoms with Crippen LogP contribution in [0, 0.1) is 5.92 Å². The lowest BCUT2D eigenvalue weighted by Gasteiger charge is -2.46. The topological polar surface area (TPSA) is 254 Å². The van der Waals surface area contributed by atoms with Crippen LogP contribution in [0.2, 0.25) is 0 Å². The van der Waals surface area contributed by atoms with Gasteiger partial charge in [0.25, 0.3) is 0 Å². The minimum absolute atomic E-state index is 0.0571. The Bertz CT molecular complexity index is 1280. The van der Waals surface area contributed by atoms with Gasteiger partial charge in [-0.1, -0.05) is 143 Å². The molecule has 2 aliphatic rings. The van der Waals surface area contributed by atoms with E-state index in [2.05, 4.69) is 35.1 Å². The number of rotatable bonds is 37. The predicted octanol–water partition coefficient (Wildman–Crippen LogP) is 4.17. The largest absolute Gasteiger partial charge is 0.394 e. The fraction of sp³-hybridized carbons (Fsp3) is 0.917. The zero-order chi connectivity index (χ0) is 47.8. The predicted molar refractivity (Wildman–Crippen MR) is 247 cm³/mol. The van der Waals surface area contributed by atoms with E-state index in [1.54, 1.807) is 6.92 Å². The molecule has 4 amide bonds. The van der Waals surface area contributed by atoms with Gasteiger partial charge in [0.05, 0.1) is 18.8 Å². The van der Waals surface area contributed by atoms with Gasteiger partial charge in [-0.3, -0.25) is 19.2 Å². The molecule has 0 aromatic heterocycles. The number of aliphatic hydroxyl groups is 5. The molecule has 2 aliphatic heterocycles. The monoisotopic (exact) mass is 931 g/mol. The van der Waals surface area contributed by atoms with Crippen LogP contribution in [0.4, 0.5) is 0 Å². The van der Waals surface area contributed by atoms with Crippen LogP contribution >= 0.6 is 0 Å². The maximum absolute atomic E-state index is 13.3.